The number of ether oxygens (including phenoxy) is 1. The molecule has 168 valence electrons. The van der Waals surface area contributed by atoms with E-state index in [0.717, 1.165) is 0 Å². The lowest BCUT2D eigenvalue weighted by Crippen LogP contribution is -2.43. The highest BCUT2D eigenvalue weighted by Crippen LogP contribution is 2.36. The zero-order chi connectivity index (χ0) is 23.3. The number of carboxylic acid groups (broad SMARTS) is 1. The number of hydrogen-bond acceptors (Lipinski definition) is 4. The van der Waals surface area contributed by atoms with Crippen LogP contribution in [-0.2, 0) is 37.9 Å². The highest BCUT2D eigenvalue weighted by molar-refractivity contribution is 5.85. The third-order valence-corrected chi connectivity index (χ3v) is 3.92. The topological polar surface area (TPSA) is 92.7 Å². The number of nitrogens with one attached hydrogen (secondary N) is 1. The third kappa shape index (κ3) is 7.56. The second-order valence-corrected chi connectivity index (χ2v) is 6.44. The van der Waals surface area contributed by atoms with Gasteiger partial charge in [-0.15, -0.1) is 0 Å². The van der Waals surface area contributed by atoms with Crippen LogP contribution in [0.1, 0.15) is 37.0 Å². The van der Waals surface area contributed by atoms with Crippen LogP contribution in [-0.4, -0.2) is 35.6 Å². The minimum atomic E-state index is -5.08. The first-order valence-electron chi connectivity index (χ1n) is 8.62. The summed E-state index contributed by atoms with van der Waals surface area (Å²) in [7, 11) is 0. The molecule has 12 heteroatoms. The van der Waals surface area contributed by atoms with Gasteiger partial charge in [-0.1, -0.05) is 6.92 Å². The lowest BCUT2D eigenvalue weighted by Gasteiger charge is -2.18. The van der Waals surface area contributed by atoms with Gasteiger partial charge >= 0.3 is 24.3 Å². The normalized spacial score (nSPS) is 14.0. The maximum Gasteiger partial charge on any atom is 0.416 e. The predicted octanol–water partition coefficient (Wildman–Crippen LogP) is 3.43. The number of aliphatic carboxylic acids is 1. The molecular weight excluding hydrogens is 424 g/mol. The quantitative estimate of drug-likeness (QED) is 0.475. The van der Waals surface area contributed by atoms with Gasteiger partial charge in [-0.05, 0) is 37.1 Å². The number of carbonyl (C=O) groups is 3. The van der Waals surface area contributed by atoms with E-state index in [4.69, 9.17) is 4.74 Å². The second kappa shape index (κ2) is 9.81. The molecule has 0 saturated carbocycles. The first-order chi connectivity index (χ1) is 13.6. The molecule has 0 saturated heterocycles. The zero-order valence-corrected chi connectivity index (χ0v) is 15.9. The van der Waals surface area contributed by atoms with Crippen LogP contribution in [0.3, 0.4) is 0 Å². The van der Waals surface area contributed by atoms with Crippen molar-refractivity contribution in [3.05, 3.63) is 34.9 Å². The fourth-order valence-electron chi connectivity index (χ4n) is 2.51. The summed E-state index contributed by atoms with van der Waals surface area (Å²) in [6.07, 6.45) is -11.5. The van der Waals surface area contributed by atoms with Gasteiger partial charge in [-0.25, -0.2) is 4.79 Å². The molecule has 1 rings (SSSR count). The first kappa shape index (κ1) is 25.2. The van der Waals surface area contributed by atoms with Crippen LogP contribution in [0.5, 0.6) is 0 Å². The lowest BCUT2D eigenvalue weighted by atomic mass is 10.0. The van der Waals surface area contributed by atoms with Crippen LogP contribution in [0.25, 0.3) is 0 Å². The van der Waals surface area contributed by atoms with Crippen LogP contribution in [0.2, 0.25) is 0 Å². The summed E-state index contributed by atoms with van der Waals surface area (Å²) in [6.45, 7) is 2.93. The fraction of sp³-hybridized carbons (Fsp3) is 0.500. The van der Waals surface area contributed by atoms with Gasteiger partial charge in [-0.3, -0.25) is 9.59 Å². The molecule has 0 aliphatic heterocycles. The average molecular weight is 443 g/mol. The molecule has 0 aromatic heterocycles. The number of benzene rings is 1. The van der Waals surface area contributed by atoms with Crippen LogP contribution in [0.4, 0.5) is 26.3 Å². The van der Waals surface area contributed by atoms with E-state index in [1.807, 2.05) is 5.32 Å². The summed E-state index contributed by atoms with van der Waals surface area (Å²) in [4.78, 5) is 35.0. The fourth-order valence-corrected chi connectivity index (χ4v) is 2.51. The van der Waals surface area contributed by atoms with Gasteiger partial charge < -0.3 is 15.2 Å². The molecule has 2 N–H and O–H groups in total. The summed E-state index contributed by atoms with van der Waals surface area (Å²) in [5, 5.41) is 11.2. The van der Waals surface area contributed by atoms with Crippen molar-refractivity contribution in [1.29, 1.82) is 0 Å². The minimum absolute atomic E-state index is 0.0460. The van der Waals surface area contributed by atoms with E-state index in [0.29, 0.717) is 12.1 Å². The van der Waals surface area contributed by atoms with E-state index < -0.39 is 65.3 Å². The molecule has 0 unspecified atom stereocenters. The number of hydrogen-bond donors (Lipinski definition) is 2. The minimum Gasteiger partial charge on any atom is -0.480 e. The Morgan fingerprint density at radius 3 is 1.93 bits per heavy atom. The van der Waals surface area contributed by atoms with E-state index >= 15 is 0 Å². The Bertz CT molecular complexity index is 758. The summed E-state index contributed by atoms with van der Waals surface area (Å²) in [6, 6.07) is -0.912. The van der Waals surface area contributed by atoms with Crippen molar-refractivity contribution in [2.24, 2.45) is 5.92 Å². The predicted molar refractivity (Wildman–Crippen MR) is 90.1 cm³/mol. The van der Waals surface area contributed by atoms with Crippen LogP contribution < -0.4 is 5.32 Å². The summed E-state index contributed by atoms with van der Waals surface area (Å²) < 4.78 is 82.0. The summed E-state index contributed by atoms with van der Waals surface area (Å²) >= 11 is 0. The molecule has 0 fully saturated rings. The van der Waals surface area contributed by atoms with E-state index in [-0.39, 0.29) is 19.1 Å². The molecule has 0 heterocycles. The summed E-state index contributed by atoms with van der Waals surface area (Å²) in [5.74, 6) is -4.28. The first-order valence-corrected chi connectivity index (χ1v) is 8.62. The van der Waals surface area contributed by atoms with Gasteiger partial charge in [0.2, 0.25) is 5.91 Å². The number of rotatable bonds is 8. The number of carboxylic acids is 1. The Balaban J connectivity index is 3.02. The maximum atomic E-state index is 12.9. The zero-order valence-electron chi connectivity index (χ0n) is 15.9. The molecule has 1 aromatic carbocycles. The lowest BCUT2D eigenvalue weighted by molar-refractivity contribution is -0.149. The van der Waals surface area contributed by atoms with Crippen LogP contribution in [0, 0.1) is 5.92 Å². The van der Waals surface area contributed by atoms with E-state index in [1.54, 1.807) is 0 Å². The monoisotopic (exact) mass is 443 g/mol. The van der Waals surface area contributed by atoms with Crippen molar-refractivity contribution in [1.82, 2.24) is 5.32 Å². The van der Waals surface area contributed by atoms with Gasteiger partial charge in [0.25, 0.3) is 0 Å². The summed E-state index contributed by atoms with van der Waals surface area (Å²) in [5.41, 5.74) is -3.78. The number of halogens is 6. The van der Waals surface area contributed by atoms with Crippen molar-refractivity contribution in [3.8, 4) is 0 Å². The molecule has 30 heavy (non-hydrogen) atoms. The van der Waals surface area contributed by atoms with E-state index in [1.165, 1.54) is 13.8 Å². The SMILES string of the molecule is CCOC(=O)[C@@H](C)C[C@@H](NC(=O)Cc1cc(C(F)(F)F)cc(C(F)(F)F)c1)C(=O)O. The Kier molecular flexibility index (Phi) is 8.25. The molecule has 0 spiro atoms. The molecule has 0 aliphatic carbocycles. The molecule has 0 aliphatic rings. The standard InChI is InChI=1S/C18H19F6NO5/c1-3-30-16(29)9(2)4-13(15(27)28)25-14(26)7-10-5-11(17(19,20)21)8-12(6-10)18(22,23)24/h5-6,8-9,13H,3-4,7H2,1-2H3,(H,25,26)(H,27,28)/t9-,13+/m0/s1. The molecule has 2 atom stereocenters. The highest BCUT2D eigenvalue weighted by Gasteiger charge is 2.37. The van der Waals surface area contributed by atoms with E-state index in [9.17, 15) is 45.8 Å². The number of alkyl halides is 6. The Hall–Kier alpha value is -2.79. The van der Waals surface area contributed by atoms with Crippen molar-refractivity contribution in [2.45, 2.75) is 45.1 Å². The smallest absolute Gasteiger partial charge is 0.416 e. The van der Waals surface area contributed by atoms with Crippen molar-refractivity contribution >= 4 is 17.8 Å². The third-order valence-electron chi connectivity index (χ3n) is 3.92. The molecule has 0 bridgehead atoms. The van der Waals surface area contributed by atoms with E-state index in [2.05, 4.69) is 0 Å². The van der Waals surface area contributed by atoms with Gasteiger partial charge in [-0.2, -0.15) is 26.3 Å². The number of amides is 1. The van der Waals surface area contributed by atoms with Crippen molar-refractivity contribution in [3.63, 3.8) is 0 Å². The number of esters is 1. The molecule has 6 nitrogen and oxygen atoms in total. The van der Waals surface area contributed by atoms with Crippen LogP contribution in [0.15, 0.2) is 18.2 Å². The molecule has 1 amide bonds. The Morgan fingerprint density at radius 2 is 1.53 bits per heavy atom. The average Bonchev–Trinajstić information content (AvgIpc) is 2.59. The van der Waals surface area contributed by atoms with Crippen LogP contribution >= 0.6 is 0 Å². The van der Waals surface area contributed by atoms with Gasteiger partial charge in [0.15, 0.2) is 0 Å². The highest BCUT2D eigenvalue weighted by atomic mass is 19.4. The molecular formula is C18H19F6NO5. The Morgan fingerprint density at radius 1 is 1.03 bits per heavy atom. The second-order valence-electron chi connectivity index (χ2n) is 6.44. The van der Waals surface area contributed by atoms with Gasteiger partial charge in [0.05, 0.1) is 30.1 Å². The van der Waals surface area contributed by atoms with Gasteiger partial charge in [0, 0.05) is 0 Å². The molecule has 1 aromatic rings. The van der Waals surface area contributed by atoms with Crippen molar-refractivity contribution < 1.29 is 50.6 Å². The van der Waals surface area contributed by atoms with Crippen molar-refractivity contribution in [2.75, 3.05) is 6.61 Å². The largest absolute Gasteiger partial charge is 0.480 e. The Labute approximate surface area is 167 Å². The van der Waals surface area contributed by atoms with Gasteiger partial charge in [0.1, 0.15) is 6.04 Å². The number of carbonyl (C=O) groups excluding carboxylic acids is 2. The maximum absolute atomic E-state index is 12.9. The molecule has 0 radical (unpaired) electrons.